The van der Waals surface area contributed by atoms with Crippen LogP contribution in [0.5, 0.6) is 17.4 Å². The van der Waals surface area contributed by atoms with E-state index in [0.717, 1.165) is 22.6 Å². The Bertz CT molecular complexity index is 1040. The van der Waals surface area contributed by atoms with Crippen molar-refractivity contribution in [1.82, 2.24) is 14.7 Å². The van der Waals surface area contributed by atoms with Gasteiger partial charge < -0.3 is 14.6 Å². The third-order valence-electron chi connectivity index (χ3n) is 5.45. The van der Waals surface area contributed by atoms with Crippen LogP contribution in [-0.2, 0) is 13.6 Å². The van der Waals surface area contributed by atoms with Crippen molar-refractivity contribution >= 4 is 0 Å². The van der Waals surface area contributed by atoms with Gasteiger partial charge in [-0.3, -0.25) is 4.90 Å². The van der Waals surface area contributed by atoms with Crippen molar-refractivity contribution in [2.75, 3.05) is 13.7 Å². The highest BCUT2D eigenvalue weighted by Gasteiger charge is 2.27. The molecule has 3 rings (SSSR count). The van der Waals surface area contributed by atoms with Gasteiger partial charge in [-0.15, -0.1) is 6.58 Å². The van der Waals surface area contributed by atoms with Crippen LogP contribution in [0.3, 0.4) is 0 Å². The fraction of sp³-hybridized carbons (Fsp3) is 0.346. The van der Waals surface area contributed by atoms with Gasteiger partial charge in [0.25, 0.3) is 0 Å². The Labute approximate surface area is 190 Å². The van der Waals surface area contributed by atoms with Crippen LogP contribution in [0, 0.1) is 0 Å². The maximum atomic E-state index is 10.6. The molecule has 170 valence electrons. The third kappa shape index (κ3) is 5.58. The van der Waals surface area contributed by atoms with Gasteiger partial charge in [0, 0.05) is 37.8 Å². The number of nitrogens with zero attached hydrogens (tertiary/aromatic N) is 3. The maximum absolute atomic E-state index is 10.6. The summed E-state index contributed by atoms with van der Waals surface area (Å²) in [6, 6.07) is 17.8. The Balaban J connectivity index is 2.06. The molecule has 0 radical (unpaired) electrons. The minimum Gasteiger partial charge on any atom is -0.497 e. The number of hydrogen-bond acceptors (Lipinski definition) is 5. The Morgan fingerprint density at radius 3 is 2.47 bits per heavy atom. The first-order valence-corrected chi connectivity index (χ1v) is 10.8. The Morgan fingerprint density at radius 2 is 1.84 bits per heavy atom. The van der Waals surface area contributed by atoms with Crippen LogP contribution in [0.1, 0.15) is 26.3 Å². The SMILES string of the molecule is C=CC(C)(O)CN(Cc1c(-c2ccccc2)nn(C)c1Oc1cccc(OC)c1)C(C)C. The van der Waals surface area contributed by atoms with Crippen molar-refractivity contribution in [2.45, 2.75) is 39.0 Å². The molecule has 32 heavy (non-hydrogen) atoms. The summed E-state index contributed by atoms with van der Waals surface area (Å²) < 4.78 is 13.4. The maximum Gasteiger partial charge on any atom is 0.222 e. The number of rotatable bonds is 10. The lowest BCUT2D eigenvalue weighted by Gasteiger charge is -2.32. The lowest BCUT2D eigenvalue weighted by Crippen LogP contribution is -2.42. The Morgan fingerprint density at radius 1 is 1.16 bits per heavy atom. The molecule has 0 saturated heterocycles. The van der Waals surface area contributed by atoms with E-state index in [1.54, 1.807) is 24.8 Å². The molecule has 0 fully saturated rings. The predicted molar refractivity (Wildman–Crippen MR) is 128 cm³/mol. The quantitative estimate of drug-likeness (QED) is 0.452. The second-order valence-corrected chi connectivity index (χ2v) is 8.46. The lowest BCUT2D eigenvalue weighted by molar-refractivity contribution is 0.0455. The average molecular weight is 436 g/mol. The number of methoxy groups -OCH3 is 1. The molecule has 0 aliphatic heterocycles. The molecule has 0 bridgehead atoms. The molecule has 1 aromatic heterocycles. The summed E-state index contributed by atoms with van der Waals surface area (Å²) in [5.41, 5.74) is 1.82. The minimum absolute atomic E-state index is 0.190. The van der Waals surface area contributed by atoms with Gasteiger partial charge in [0.05, 0.1) is 18.3 Å². The number of hydrogen-bond donors (Lipinski definition) is 1. The minimum atomic E-state index is -1.01. The summed E-state index contributed by atoms with van der Waals surface area (Å²) in [6.45, 7) is 10.8. The number of aliphatic hydroxyl groups is 1. The summed E-state index contributed by atoms with van der Waals surface area (Å²) in [6.07, 6.45) is 1.58. The van der Waals surface area contributed by atoms with Crippen LogP contribution in [0.2, 0.25) is 0 Å². The van der Waals surface area contributed by atoms with Gasteiger partial charge in [-0.25, -0.2) is 4.68 Å². The van der Waals surface area contributed by atoms with Crippen LogP contribution in [0.15, 0.2) is 67.3 Å². The average Bonchev–Trinajstić information content (AvgIpc) is 3.09. The van der Waals surface area contributed by atoms with E-state index < -0.39 is 5.60 Å². The van der Waals surface area contributed by atoms with Crippen LogP contribution in [-0.4, -0.2) is 45.1 Å². The normalized spacial score (nSPS) is 13.2. The third-order valence-corrected chi connectivity index (χ3v) is 5.45. The highest BCUT2D eigenvalue weighted by molar-refractivity contribution is 5.65. The van der Waals surface area contributed by atoms with Crippen molar-refractivity contribution in [1.29, 1.82) is 0 Å². The monoisotopic (exact) mass is 435 g/mol. The van der Waals surface area contributed by atoms with Crippen molar-refractivity contribution in [3.63, 3.8) is 0 Å². The standard InChI is InChI=1S/C26H33N3O3/c1-7-26(4,30)18-29(19(2)3)17-23-24(20-12-9-8-10-13-20)27-28(5)25(23)32-22-15-11-14-21(16-22)31-6/h7-16,19,30H,1,17-18H2,2-6H3. The molecule has 1 unspecified atom stereocenters. The number of benzene rings is 2. The van der Waals surface area contributed by atoms with Crippen molar-refractivity contribution in [3.05, 3.63) is 72.8 Å². The molecular formula is C26H33N3O3. The molecule has 0 amide bonds. The van der Waals surface area contributed by atoms with Gasteiger partial charge in [0.15, 0.2) is 0 Å². The second kappa shape index (κ2) is 10.0. The molecule has 0 spiro atoms. The highest BCUT2D eigenvalue weighted by atomic mass is 16.5. The van der Waals surface area contributed by atoms with E-state index in [9.17, 15) is 5.11 Å². The van der Waals surface area contributed by atoms with E-state index in [-0.39, 0.29) is 6.04 Å². The topological polar surface area (TPSA) is 59.8 Å². The molecule has 1 atom stereocenters. The van der Waals surface area contributed by atoms with E-state index in [1.165, 1.54) is 0 Å². The van der Waals surface area contributed by atoms with Crippen molar-refractivity contribution < 1.29 is 14.6 Å². The van der Waals surface area contributed by atoms with Gasteiger partial charge in [-0.2, -0.15) is 5.10 Å². The Hall–Kier alpha value is -3.09. The summed E-state index contributed by atoms with van der Waals surface area (Å²) in [5, 5.41) is 15.4. The molecule has 6 heteroatoms. The van der Waals surface area contributed by atoms with Crippen molar-refractivity contribution in [2.24, 2.45) is 7.05 Å². The molecule has 0 aliphatic carbocycles. The molecule has 0 aliphatic rings. The van der Waals surface area contributed by atoms with Crippen molar-refractivity contribution in [3.8, 4) is 28.6 Å². The van der Waals surface area contributed by atoms with E-state index in [2.05, 4.69) is 25.3 Å². The second-order valence-electron chi connectivity index (χ2n) is 8.46. The van der Waals surface area contributed by atoms with Crippen LogP contribution in [0.25, 0.3) is 11.3 Å². The molecule has 2 aromatic carbocycles. The van der Waals surface area contributed by atoms with Gasteiger partial charge in [-0.1, -0.05) is 42.5 Å². The van der Waals surface area contributed by atoms with E-state index in [4.69, 9.17) is 14.6 Å². The first-order chi connectivity index (χ1) is 15.2. The first-order valence-electron chi connectivity index (χ1n) is 10.8. The molecule has 1 N–H and O–H groups in total. The number of aromatic nitrogens is 2. The Kier molecular flexibility index (Phi) is 7.38. The fourth-order valence-electron chi connectivity index (χ4n) is 3.53. The molecule has 0 saturated carbocycles. The molecule has 1 heterocycles. The number of aryl methyl sites for hydroxylation is 1. The van der Waals surface area contributed by atoms with E-state index in [0.29, 0.717) is 24.7 Å². The van der Waals surface area contributed by atoms with Crippen LogP contribution in [0.4, 0.5) is 0 Å². The van der Waals surface area contributed by atoms with Crippen LogP contribution >= 0.6 is 0 Å². The lowest BCUT2D eigenvalue weighted by atomic mass is 10.0. The van der Waals surface area contributed by atoms with Gasteiger partial charge in [0.2, 0.25) is 5.88 Å². The zero-order chi connectivity index (χ0) is 23.3. The largest absolute Gasteiger partial charge is 0.497 e. The molecule has 6 nitrogen and oxygen atoms in total. The summed E-state index contributed by atoms with van der Waals surface area (Å²) in [4.78, 5) is 2.20. The fourth-order valence-corrected chi connectivity index (χ4v) is 3.53. The van der Waals surface area contributed by atoms with Crippen LogP contribution < -0.4 is 9.47 Å². The van der Waals surface area contributed by atoms with E-state index in [1.807, 2.05) is 61.6 Å². The summed E-state index contributed by atoms with van der Waals surface area (Å²) in [7, 11) is 3.51. The smallest absolute Gasteiger partial charge is 0.222 e. The van der Waals surface area contributed by atoms with Gasteiger partial charge in [0.1, 0.15) is 17.2 Å². The van der Waals surface area contributed by atoms with Gasteiger partial charge >= 0.3 is 0 Å². The molecular weight excluding hydrogens is 402 g/mol. The summed E-state index contributed by atoms with van der Waals surface area (Å²) >= 11 is 0. The zero-order valence-electron chi connectivity index (χ0n) is 19.6. The number of ether oxygens (including phenoxy) is 2. The highest BCUT2D eigenvalue weighted by Crippen LogP contribution is 2.35. The predicted octanol–water partition coefficient (Wildman–Crippen LogP) is 5.04. The first kappa shape index (κ1) is 23.6. The van der Waals surface area contributed by atoms with E-state index >= 15 is 0 Å². The molecule has 3 aromatic rings. The zero-order valence-corrected chi connectivity index (χ0v) is 19.6. The van der Waals surface area contributed by atoms with Gasteiger partial charge in [-0.05, 0) is 32.9 Å². The summed E-state index contributed by atoms with van der Waals surface area (Å²) in [5.74, 6) is 2.05.